The van der Waals surface area contributed by atoms with Crippen LogP contribution in [0.5, 0.6) is 0 Å². The SMILES string of the molecule is Cc1ccc(S(=O)(=O)Nc2c(Br)cc(C)cc2Br)c(Br)c1. The van der Waals surface area contributed by atoms with Crippen molar-refractivity contribution in [3.8, 4) is 0 Å². The maximum atomic E-state index is 12.5. The first-order chi connectivity index (χ1) is 9.70. The third-order valence-electron chi connectivity index (χ3n) is 2.80. The highest BCUT2D eigenvalue weighted by molar-refractivity contribution is 9.11. The largest absolute Gasteiger partial charge is 0.277 e. The summed E-state index contributed by atoms with van der Waals surface area (Å²) in [7, 11) is -3.68. The summed E-state index contributed by atoms with van der Waals surface area (Å²) in [5.74, 6) is 0. The summed E-state index contributed by atoms with van der Waals surface area (Å²) in [6.45, 7) is 3.84. The first-order valence-corrected chi connectivity index (χ1v) is 9.81. The third kappa shape index (κ3) is 3.88. The summed E-state index contributed by atoms with van der Waals surface area (Å²) in [6.07, 6.45) is 0. The van der Waals surface area contributed by atoms with Crippen molar-refractivity contribution in [2.24, 2.45) is 0 Å². The molecule has 0 aliphatic rings. The van der Waals surface area contributed by atoms with Gasteiger partial charge in [-0.2, -0.15) is 0 Å². The van der Waals surface area contributed by atoms with Crippen molar-refractivity contribution in [1.29, 1.82) is 0 Å². The molecular formula is C14H12Br3NO2S. The summed E-state index contributed by atoms with van der Waals surface area (Å²) < 4.78 is 29.6. The van der Waals surface area contributed by atoms with E-state index in [2.05, 4.69) is 52.5 Å². The van der Waals surface area contributed by atoms with E-state index in [0.29, 0.717) is 19.1 Å². The Balaban J connectivity index is 2.47. The molecule has 2 rings (SSSR count). The van der Waals surface area contributed by atoms with Crippen LogP contribution in [0, 0.1) is 13.8 Å². The standard InChI is InChI=1S/C14H12Br3NO2S/c1-8-3-4-13(10(15)5-8)21(19,20)18-14-11(16)6-9(2)7-12(14)17/h3-7,18H,1-2H3. The second-order valence-electron chi connectivity index (χ2n) is 4.64. The van der Waals surface area contributed by atoms with Crippen molar-refractivity contribution >= 4 is 63.5 Å². The monoisotopic (exact) mass is 495 g/mol. The highest BCUT2D eigenvalue weighted by atomic mass is 79.9. The summed E-state index contributed by atoms with van der Waals surface area (Å²) >= 11 is 10.1. The van der Waals surface area contributed by atoms with Gasteiger partial charge in [0.25, 0.3) is 10.0 Å². The van der Waals surface area contributed by atoms with Crippen LogP contribution in [-0.4, -0.2) is 8.42 Å². The third-order valence-corrected chi connectivity index (χ3v) is 6.38. The van der Waals surface area contributed by atoms with Crippen molar-refractivity contribution in [2.45, 2.75) is 18.7 Å². The van der Waals surface area contributed by atoms with Gasteiger partial charge in [-0.25, -0.2) is 8.42 Å². The van der Waals surface area contributed by atoms with Crippen LogP contribution >= 0.6 is 47.8 Å². The molecule has 0 saturated carbocycles. The van der Waals surface area contributed by atoms with Gasteiger partial charge in [-0.15, -0.1) is 0 Å². The molecule has 0 heterocycles. The Hall–Kier alpha value is -0.370. The number of halogens is 3. The lowest BCUT2D eigenvalue weighted by Crippen LogP contribution is -2.14. The van der Waals surface area contributed by atoms with Gasteiger partial charge in [-0.05, 0) is 97.0 Å². The lowest BCUT2D eigenvalue weighted by molar-refractivity contribution is 0.600. The summed E-state index contributed by atoms with van der Waals surface area (Å²) in [5, 5.41) is 0. The topological polar surface area (TPSA) is 46.2 Å². The van der Waals surface area contributed by atoms with E-state index in [4.69, 9.17) is 0 Å². The quantitative estimate of drug-likeness (QED) is 0.618. The van der Waals surface area contributed by atoms with Gasteiger partial charge >= 0.3 is 0 Å². The van der Waals surface area contributed by atoms with Crippen molar-refractivity contribution in [3.05, 3.63) is 54.9 Å². The molecule has 21 heavy (non-hydrogen) atoms. The Bertz CT molecular complexity index is 781. The fraction of sp³-hybridized carbons (Fsp3) is 0.143. The van der Waals surface area contributed by atoms with Crippen molar-refractivity contribution in [3.63, 3.8) is 0 Å². The van der Waals surface area contributed by atoms with Gasteiger partial charge in [0.2, 0.25) is 0 Å². The highest BCUT2D eigenvalue weighted by Gasteiger charge is 2.20. The Labute approximate surface area is 149 Å². The molecule has 1 N–H and O–H groups in total. The Morgan fingerprint density at radius 2 is 1.38 bits per heavy atom. The summed E-state index contributed by atoms with van der Waals surface area (Å²) in [5.41, 5.74) is 2.49. The van der Waals surface area contributed by atoms with Gasteiger partial charge in [0.1, 0.15) is 4.90 Å². The first-order valence-electron chi connectivity index (χ1n) is 5.95. The van der Waals surface area contributed by atoms with Gasteiger partial charge in [0, 0.05) is 13.4 Å². The average Bonchev–Trinajstić information content (AvgIpc) is 2.33. The smallest absolute Gasteiger partial charge is 0.263 e. The zero-order valence-corrected chi connectivity index (χ0v) is 16.8. The van der Waals surface area contributed by atoms with Crippen LogP contribution in [0.1, 0.15) is 11.1 Å². The molecule has 0 aliphatic heterocycles. The molecule has 2 aromatic rings. The zero-order chi connectivity index (χ0) is 15.8. The van der Waals surface area contributed by atoms with Gasteiger partial charge in [-0.1, -0.05) is 6.07 Å². The Morgan fingerprint density at radius 3 is 1.90 bits per heavy atom. The van der Waals surface area contributed by atoms with Gasteiger partial charge < -0.3 is 0 Å². The van der Waals surface area contributed by atoms with Crippen molar-refractivity contribution < 1.29 is 8.42 Å². The van der Waals surface area contributed by atoms with Crippen LogP contribution in [-0.2, 0) is 10.0 Å². The van der Waals surface area contributed by atoms with Crippen molar-refractivity contribution in [1.82, 2.24) is 0 Å². The van der Waals surface area contributed by atoms with E-state index in [1.54, 1.807) is 18.2 Å². The number of rotatable bonds is 3. The van der Waals surface area contributed by atoms with Crippen LogP contribution in [0.2, 0.25) is 0 Å². The van der Waals surface area contributed by atoms with Crippen LogP contribution in [0.15, 0.2) is 48.6 Å². The Kier molecular flexibility index (Phi) is 5.18. The predicted octanol–water partition coefficient (Wildman–Crippen LogP) is 5.39. The number of hydrogen-bond donors (Lipinski definition) is 1. The summed E-state index contributed by atoms with van der Waals surface area (Å²) in [4.78, 5) is 0.201. The molecule has 0 spiro atoms. The van der Waals surface area contributed by atoms with E-state index in [0.717, 1.165) is 11.1 Å². The van der Waals surface area contributed by atoms with E-state index >= 15 is 0 Å². The number of anilines is 1. The van der Waals surface area contributed by atoms with Crippen LogP contribution in [0.3, 0.4) is 0 Å². The van der Waals surface area contributed by atoms with E-state index in [9.17, 15) is 8.42 Å². The summed E-state index contributed by atoms with van der Waals surface area (Å²) in [6, 6.07) is 8.82. The Morgan fingerprint density at radius 1 is 0.857 bits per heavy atom. The fourth-order valence-electron chi connectivity index (χ4n) is 1.81. The van der Waals surface area contributed by atoms with E-state index in [1.807, 2.05) is 26.0 Å². The average molecular weight is 498 g/mol. The molecule has 0 atom stereocenters. The number of hydrogen-bond acceptors (Lipinski definition) is 2. The van der Waals surface area contributed by atoms with Gasteiger partial charge in [-0.3, -0.25) is 4.72 Å². The normalized spacial score (nSPS) is 11.5. The van der Waals surface area contributed by atoms with Crippen LogP contribution in [0.25, 0.3) is 0 Å². The molecule has 3 nitrogen and oxygen atoms in total. The fourth-order valence-corrected chi connectivity index (χ4v) is 5.98. The number of aryl methyl sites for hydroxylation is 2. The first kappa shape index (κ1) is 17.0. The van der Waals surface area contributed by atoms with E-state index < -0.39 is 10.0 Å². The van der Waals surface area contributed by atoms with Crippen molar-refractivity contribution in [2.75, 3.05) is 4.72 Å². The van der Waals surface area contributed by atoms with E-state index in [-0.39, 0.29) is 4.90 Å². The van der Waals surface area contributed by atoms with Gasteiger partial charge in [0.05, 0.1) is 5.69 Å². The molecule has 0 saturated heterocycles. The number of benzene rings is 2. The highest BCUT2D eigenvalue weighted by Crippen LogP contribution is 2.35. The molecule has 112 valence electrons. The second kappa shape index (κ2) is 6.40. The second-order valence-corrected chi connectivity index (χ2v) is 8.86. The molecule has 0 aliphatic carbocycles. The number of sulfonamides is 1. The molecule has 2 aromatic carbocycles. The molecule has 0 aromatic heterocycles. The van der Waals surface area contributed by atoms with E-state index in [1.165, 1.54) is 0 Å². The molecule has 7 heteroatoms. The molecule has 0 unspecified atom stereocenters. The minimum absolute atomic E-state index is 0.201. The lowest BCUT2D eigenvalue weighted by atomic mass is 10.2. The molecular weight excluding hydrogens is 486 g/mol. The minimum atomic E-state index is -3.68. The van der Waals surface area contributed by atoms with Crippen LogP contribution < -0.4 is 4.72 Å². The number of nitrogens with one attached hydrogen (secondary N) is 1. The molecule has 0 fully saturated rings. The molecule has 0 radical (unpaired) electrons. The molecule has 0 bridgehead atoms. The minimum Gasteiger partial charge on any atom is -0.277 e. The van der Waals surface area contributed by atoms with Crippen LogP contribution in [0.4, 0.5) is 5.69 Å². The maximum Gasteiger partial charge on any atom is 0.263 e. The lowest BCUT2D eigenvalue weighted by Gasteiger charge is -2.13. The maximum absolute atomic E-state index is 12.5. The molecule has 0 amide bonds. The zero-order valence-electron chi connectivity index (χ0n) is 11.2. The predicted molar refractivity (Wildman–Crippen MR) is 96.3 cm³/mol. The van der Waals surface area contributed by atoms with Gasteiger partial charge in [0.15, 0.2) is 0 Å².